The molecule has 11 atom stereocenters. The number of esters is 5. The van der Waals surface area contributed by atoms with Gasteiger partial charge in [-0.1, -0.05) is 129 Å². The Morgan fingerprint density at radius 3 is 1.89 bits per heavy atom. The van der Waals surface area contributed by atoms with E-state index < -0.39 is 119 Å². The average Bonchev–Trinajstić information content (AvgIpc) is 2.24. The number of carbonyl (C=O) groups excluding carboxylic acids is 8. The van der Waals surface area contributed by atoms with Crippen LogP contribution in [-0.2, 0) is 58.8 Å². The van der Waals surface area contributed by atoms with Crippen molar-refractivity contribution < 1.29 is 77.0 Å². The molecule has 5 aromatic carbocycles. The number of hydrogen-bond acceptors (Lipinski definition) is 16. The first kappa shape index (κ1) is 56.6. The summed E-state index contributed by atoms with van der Waals surface area (Å²) in [6.45, 7) is 7.88. The number of aryl methyl sites for hydroxylation is 1. The van der Waals surface area contributed by atoms with Crippen molar-refractivity contribution in [3.63, 3.8) is 0 Å². The first-order valence-corrected chi connectivity index (χ1v) is 26.5. The average molecular weight is 1090 g/mol. The second-order valence-electron chi connectivity index (χ2n) is 21.7. The zero-order chi connectivity index (χ0) is 57.3. The van der Waals surface area contributed by atoms with Gasteiger partial charge in [-0.15, -0.1) is 0 Å². The van der Waals surface area contributed by atoms with Crippen molar-refractivity contribution >= 4 is 47.3 Å². The normalized spacial score (nSPS) is 27.1. The minimum absolute atomic E-state index is 0.0245. The van der Waals surface area contributed by atoms with E-state index in [2.05, 4.69) is 5.32 Å². The number of hydrogen-bond donors (Lipinski definition) is 3. The lowest BCUT2D eigenvalue weighted by atomic mass is 9.44. The molecule has 5 aromatic rings. The molecule has 1 amide bonds. The van der Waals surface area contributed by atoms with Gasteiger partial charge < -0.3 is 44.0 Å². The maximum atomic E-state index is 16.4. The topological polar surface area (TPSA) is 244 Å². The van der Waals surface area contributed by atoms with Crippen molar-refractivity contribution in [3.05, 3.63) is 190 Å². The van der Waals surface area contributed by atoms with Gasteiger partial charge in [0.25, 0.3) is 5.91 Å². The monoisotopic (exact) mass is 1090 g/mol. The molecule has 0 spiro atoms. The first-order valence-electron chi connectivity index (χ1n) is 26.5. The number of nitrogens with one attached hydrogen (secondary N) is 1. The van der Waals surface area contributed by atoms with Crippen LogP contribution >= 0.6 is 0 Å². The van der Waals surface area contributed by atoms with Gasteiger partial charge in [-0.2, -0.15) is 0 Å². The predicted octanol–water partition coefficient (Wildman–Crippen LogP) is 7.15. The van der Waals surface area contributed by atoms with E-state index in [1.165, 1.54) is 26.0 Å². The Morgan fingerprint density at radius 1 is 0.713 bits per heavy atom. The molecule has 4 aliphatic rings. The smallest absolute Gasteiger partial charge is 0.338 e. The van der Waals surface area contributed by atoms with Gasteiger partial charge >= 0.3 is 29.8 Å². The number of ketones is 2. The minimum atomic E-state index is -2.51. The number of carbonyl (C=O) groups is 8. The van der Waals surface area contributed by atoms with Crippen LogP contribution in [0.25, 0.3) is 0 Å². The summed E-state index contributed by atoms with van der Waals surface area (Å²) in [5, 5.41) is 28.9. The van der Waals surface area contributed by atoms with Crippen LogP contribution in [-0.4, -0.2) is 112 Å². The molecule has 9 rings (SSSR count). The molecule has 0 radical (unpaired) electrons. The summed E-state index contributed by atoms with van der Waals surface area (Å²) in [7, 11) is 0. The van der Waals surface area contributed by atoms with Crippen molar-refractivity contribution in [1.29, 1.82) is 0 Å². The third-order valence-corrected chi connectivity index (χ3v) is 16.6. The summed E-state index contributed by atoms with van der Waals surface area (Å²) in [6.07, 6.45) is -11.2. The Hall–Kier alpha value is -8.12. The van der Waals surface area contributed by atoms with Gasteiger partial charge in [0.1, 0.15) is 30.0 Å². The highest BCUT2D eigenvalue weighted by molar-refractivity contribution is 6.09. The van der Waals surface area contributed by atoms with E-state index in [4.69, 9.17) is 28.4 Å². The van der Waals surface area contributed by atoms with Crippen molar-refractivity contribution in [2.45, 2.75) is 121 Å². The summed E-state index contributed by atoms with van der Waals surface area (Å²) in [5.74, 6) is -8.22. The molecule has 416 valence electrons. The van der Waals surface area contributed by atoms with Crippen LogP contribution in [0.3, 0.4) is 0 Å². The number of benzene rings is 5. The molecule has 2 unspecified atom stereocenters. The largest absolute Gasteiger partial charge is 0.461 e. The molecule has 1 aliphatic heterocycles. The summed E-state index contributed by atoms with van der Waals surface area (Å²) < 4.78 is 37.7. The number of fused-ring (bicyclic) bond motifs is 5. The molecular formula is C63H63NO16. The molecule has 1 heterocycles. The highest BCUT2D eigenvalue weighted by Crippen LogP contribution is 2.65. The van der Waals surface area contributed by atoms with E-state index in [9.17, 15) is 43.8 Å². The van der Waals surface area contributed by atoms with Gasteiger partial charge in [0, 0.05) is 55.2 Å². The number of aliphatic hydroxyl groups is 2. The number of amides is 1. The lowest BCUT2D eigenvalue weighted by Gasteiger charge is -2.67. The Balaban J connectivity index is 1.15. The third kappa shape index (κ3) is 10.5. The summed E-state index contributed by atoms with van der Waals surface area (Å²) in [5.41, 5.74) is -6.18. The van der Waals surface area contributed by atoms with E-state index in [-0.39, 0.29) is 53.9 Å². The Morgan fingerprint density at radius 2 is 1.30 bits per heavy atom. The Bertz CT molecular complexity index is 3240. The fraction of sp³-hybridized carbons (Fsp3) is 0.365. The lowest BCUT2D eigenvalue weighted by Crippen LogP contribution is -2.82. The Kier molecular flexibility index (Phi) is 16.0. The second-order valence-corrected chi connectivity index (χ2v) is 21.7. The summed E-state index contributed by atoms with van der Waals surface area (Å²) in [4.78, 5) is 114. The molecule has 0 aromatic heterocycles. The van der Waals surface area contributed by atoms with E-state index in [1.807, 2.05) is 0 Å². The quantitative estimate of drug-likeness (QED) is 0.0384. The van der Waals surface area contributed by atoms with Crippen molar-refractivity contribution in [2.75, 3.05) is 6.61 Å². The zero-order valence-corrected chi connectivity index (χ0v) is 45.1. The van der Waals surface area contributed by atoms with Gasteiger partial charge in [0.05, 0.1) is 29.5 Å². The highest BCUT2D eigenvalue weighted by Gasteiger charge is 2.79. The van der Waals surface area contributed by atoms with Gasteiger partial charge in [0.15, 0.2) is 29.4 Å². The zero-order valence-electron chi connectivity index (χ0n) is 45.1. The van der Waals surface area contributed by atoms with Crippen LogP contribution in [0.2, 0.25) is 0 Å². The molecular weight excluding hydrogens is 1030 g/mol. The maximum absolute atomic E-state index is 16.4. The molecule has 80 heavy (non-hydrogen) atoms. The maximum Gasteiger partial charge on any atom is 0.338 e. The van der Waals surface area contributed by atoms with Crippen LogP contribution in [0.1, 0.15) is 115 Å². The standard InChI is InChI=1S/C63H63NO16/c1-36-45(77-59(73)52(69)50(40-21-11-7-12-22-40)64-57(71)42-25-15-9-16-26-42)34-63(74)56(79-58(72)43-27-17-10-18-28-43)54-61(6,55(70)53(76-37(2)65)49(36)60(63,4)5)46(33-47-62(54,35-75-47)80-38(3)66)78-48(67)31-30-39-20-19-29-44(32-39)51(68)41-23-13-8-14-24-41/h7-29,32,45-47,50,52-54,56,69,74H,30-31,33-35H2,1-6H3,(H,64,71)/t45?,46-,47+,50-,52+,53+,54?,56-,61+,62-,63+/m0/s1. The molecule has 3 fully saturated rings. The molecule has 2 saturated carbocycles. The van der Waals surface area contributed by atoms with Gasteiger partial charge in [-0.05, 0) is 72.9 Å². The van der Waals surface area contributed by atoms with E-state index in [0.717, 1.165) is 13.8 Å². The van der Waals surface area contributed by atoms with Crippen LogP contribution in [0.5, 0.6) is 0 Å². The fourth-order valence-corrected chi connectivity index (χ4v) is 12.4. The van der Waals surface area contributed by atoms with Crippen LogP contribution < -0.4 is 5.32 Å². The van der Waals surface area contributed by atoms with E-state index in [0.29, 0.717) is 22.3 Å². The number of rotatable bonds is 16. The van der Waals surface area contributed by atoms with Gasteiger partial charge in [0.2, 0.25) is 0 Å². The summed E-state index contributed by atoms with van der Waals surface area (Å²) >= 11 is 0. The van der Waals surface area contributed by atoms with E-state index >= 15 is 4.79 Å². The molecule has 17 heteroatoms. The number of ether oxygens (including phenoxy) is 6. The Labute approximate surface area is 462 Å². The summed E-state index contributed by atoms with van der Waals surface area (Å²) in [6, 6.07) is 38.3. The van der Waals surface area contributed by atoms with Crippen LogP contribution in [0.15, 0.2) is 157 Å². The lowest BCUT2D eigenvalue weighted by molar-refractivity contribution is -0.346. The predicted molar refractivity (Wildman–Crippen MR) is 286 cm³/mol. The minimum Gasteiger partial charge on any atom is -0.461 e. The van der Waals surface area contributed by atoms with Crippen LogP contribution in [0.4, 0.5) is 0 Å². The van der Waals surface area contributed by atoms with E-state index in [1.54, 1.807) is 147 Å². The van der Waals surface area contributed by atoms with Crippen molar-refractivity contribution in [2.24, 2.45) is 16.7 Å². The van der Waals surface area contributed by atoms with Crippen molar-refractivity contribution in [1.82, 2.24) is 5.32 Å². The molecule has 1 saturated heterocycles. The van der Waals surface area contributed by atoms with Crippen molar-refractivity contribution in [3.8, 4) is 0 Å². The highest BCUT2D eigenvalue weighted by atomic mass is 16.6. The SMILES string of the molecule is CC(=O)O[C@H]1C(=O)[C@@]2(C)C([C@H](OC(=O)c3ccccc3)[C@]3(O)CC(OC(=O)[C@H](O)[C@@H](NC(=O)c4ccccc4)c4ccccc4)C(C)=C1C3(C)C)[C@]1(OC(C)=O)CO[C@@H]1C[C@@H]2OC(=O)CCc1cccc(C(=O)c2ccccc2)c1. The number of aliphatic hydroxyl groups excluding tert-OH is 1. The van der Waals surface area contributed by atoms with Crippen LogP contribution in [0, 0.1) is 16.7 Å². The fourth-order valence-electron chi connectivity index (χ4n) is 12.4. The number of Topliss-reactive ketones (excluding diaryl/α,β-unsaturated/α-hetero) is 1. The molecule has 3 N–H and O–H groups in total. The second kappa shape index (κ2) is 22.6. The third-order valence-electron chi connectivity index (χ3n) is 16.6. The van der Waals surface area contributed by atoms with Gasteiger partial charge in [-0.3, -0.25) is 28.8 Å². The van der Waals surface area contributed by atoms with Gasteiger partial charge in [-0.25, -0.2) is 9.59 Å². The molecule has 3 aliphatic carbocycles. The molecule has 17 nitrogen and oxygen atoms in total. The first-order chi connectivity index (χ1) is 38.1. The molecule has 2 bridgehead atoms.